The van der Waals surface area contributed by atoms with Crippen LogP contribution >= 0.6 is 11.3 Å². The van der Waals surface area contributed by atoms with Gasteiger partial charge in [0.15, 0.2) is 0 Å². The molecule has 90 valence electrons. The zero-order valence-corrected chi connectivity index (χ0v) is 9.99. The van der Waals surface area contributed by atoms with Crippen molar-refractivity contribution >= 4 is 39.0 Å². The van der Waals surface area contributed by atoms with Crippen molar-refractivity contribution in [1.82, 2.24) is 15.2 Å². The Bertz CT molecular complexity index is 703. The Morgan fingerprint density at radius 2 is 2.33 bits per heavy atom. The lowest BCUT2D eigenvalue weighted by molar-refractivity contribution is 0.102. The molecule has 0 aliphatic heterocycles. The van der Waals surface area contributed by atoms with E-state index in [1.54, 1.807) is 23.8 Å². The molecular weight excluding hydrogens is 250 g/mol. The van der Waals surface area contributed by atoms with E-state index in [4.69, 9.17) is 5.73 Å². The number of anilines is 2. The summed E-state index contributed by atoms with van der Waals surface area (Å²) < 4.78 is 0. The monoisotopic (exact) mass is 259 g/mol. The summed E-state index contributed by atoms with van der Waals surface area (Å²) in [5.41, 5.74) is 9.30. The number of fused-ring (bicyclic) bond motifs is 1. The topological polar surface area (TPSA) is 96.7 Å². The third-order valence-electron chi connectivity index (χ3n) is 2.53. The van der Waals surface area contributed by atoms with Crippen molar-refractivity contribution in [2.75, 3.05) is 11.1 Å². The predicted octanol–water partition coefficient (Wildman–Crippen LogP) is 1.85. The first-order chi connectivity index (χ1) is 8.74. The number of amides is 1. The maximum absolute atomic E-state index is 12.1. The van der Waals surface area contributed by atoms with Gasteiger partial charge < -0.3 is 10.7 Å². The number of aromatic amines is 1. The van der Waals surface area contributed by atoms with E-state index in [1.807, 2.05) is 6.07 Å². The second kappa shape index (κ2) is 4.11. The summed E-state index contributed by atoms with van der Waals surface area (Å²) in [7, 11) is 0. The maximum atomic E-state index is 12.1. The van der Waals surface area contributed by atoms with E-state index in [-0.39, 0.29) is 5.91 Å². The van der Waals surface area contributed by atoms with E-state index in [1.165, 1.54) is 11.3 Å². The highest BCUT2D eigenvalue weighted by Gasteiger charge is 2.13. The number of hydrogen-bond acceptors (Lipinski definition) is 5. The molecule has 18 heavy (non-hydrogen) atoms. The molecule has 0 bridgehead atoms. The molecule has 0 fully saturated rings. The fourth-order valence-electron chi connectivity index (χ4n) is 1.72. The average Bonchev–Trinajstić information content (AvgIpc) is 2.97. The smallest absolute Gasteiger partial charge is 0.259 e. The lowest BCUT2D eigenvalue weighted by Gasteiger charge is -2.00. The first-order valence-electron chi connectivity index (χ1n) is 5.18. The number of H-pyrrole nitrogens is 1. The molecule has 0 aliphatic carbocycles. The molecule has 3 aromatic rings. The van der Waals surface area contributed by atoms with Crippen LogP contribution < -0.4 is 11.1 Å². The van der Waals surface area contributed by atoms with E-state index in [9.17, 15) is 4.79 Å². The molecule has 0 saturated heterocycles. The van der Waals surface area contributed by atoms with Gasteiger partial charge in [-0.1, -0.05) is 11.3 Å². The number of nitrogens with one attached hydrogen (secondary N) is 2. The van der Waals surface area contributed by atoms with Crippen molar-refractivity contribution in [3.63, 3.8) is 0 Å². The summed E-state index contributed by atoms with van der Waals surface area (Å²) in [5.74, 6) is -0.233. The summed E-state index contributed by atoms with van der Waals surface area (Å²) in [4.78, 5) is 15.1. The van der Waals surface area contributed by atoms with Gasteiger partial charge in [-0.05, 0) is 18.2 Å². The Balaban J connectivity index is 1.98. The van der Waals surface area contributed by atoms with Crippen LogP contribution in [0.15, 0.2) is 29.9 Å². The average molecular weight is 259 g/mol. The largest absolute Gasteiger partial charge is 0.399 e. The Kier molecular flexibility index (Phi) is 2.45. The number of aromatic nitrogens is 3. The van der Waals surface area contributed by atoms with Crippen LogP contribution in [0.5, 0.6) is 0 Å². The van der Waals surface area contributed by atoms with Crippen LogP contribution in [0.4, 0.5) is 10.8 Å². The number of carbonyl (C=O) groups excluding carboxylic acids is 1. The Morgan fingerprint density at radius 1 is 1.44 bits per heavy atom. The Hall–Kier alpha value is -2.41. The normalized spacial score (nSPS) is 10.7. The number of nitrogens with two attached hydrogens (primary N) is 1. The second-order valence-electron chi connectivity index (χ2n) is 3.71. The van der Waals surface area contributed by atoms with Crippen molar-refractivity contribution in [2.45, 2.75) is 0 Å². The van der Waals surface area contributed by atoms with Crippen LogP contribution in [0.3, 0.4) is 0 Å². The molecular formula is C11H9N5OS. The first-order valence-corrected chi connectivity index (χ1v) is 6.06. The predicted molar refractivity (Wildman–Crippen MR) is 70.6 cm³/mol. The number of carbonyl (C=O) groups is 1. The molecule has 1 amide bonds. The van der Waals surface area contributed by atoms with E-state index >= 15 is 0 Å². The summed E-state index contributed by atoms with van der Waals surface area (Å²) >= 11 is 1.27. The maximum Gasteiger partial charge on any atom is 0.259 e. The van der Waals surface area contributed by atoms with Gasteiger partial charge in [0.1, 0.15) is 5.51 Å². The summed E-state index contributed by atoms with van der Waals surface area (Å²) in [6.45, 7) is 0. The number of nitrogens with zero attached hydrogens (tertiary/aromatic N) is 2. The standard InChI is InChI=1S/C11H9N5OS/c12-6-1-2-9-7(3-6)8(4-13-9)10(17)15-11-16-14-5-18-11/h1-5,13H,12H2,(H,15,16,17). The Labute approximate surface area is 106 Å². The minimum Gasteiger partial charge on any atom is -0.399 e. The van der Waals surface area contributed by atoms with Gasteiger partial charge in [0.2, 0.25) is 5.13 Å². The molecule has 3 rings (SSSR count). The molecule has 0 aliphatic rings. The molecule has 0 spiro atoms. The zero-order valence-electron chi connectivity index (χ0n) is 9.18. The molecule has 0 saturated carbocycles. The van der Waals surface area contributed by atoms with E-state index in [0.717, 1.165) is 10.9 Å². The van der Waals surface area contributed by atoms with Gasteiger partial charge in [0, 0.05) is 22.8 Å². The number of nitrogen functional groups attached to an aromatic ring is 1. The van der Waals surface area contributed by atoms with E-state index in [2.05, 4.69) is 20.5 Å². The molecule has 0 atom stereocenters. The first kappa shape index (κ1) is 10.7. The number of rotatable bonds is 2. The van der Waals surface area contributed by atoms with Crippen LogP contribution in [0, 0.1) is 0 Å². The van der Waals surface area contributed by atoms with Gasteiger partial charge >= 0.3 is 0 Å². The summed E-state index contributed by atoms with van der Waals surface area (Å²) in [5, 5.41) is 11.4. The molecule has 6 nitrogen and oxygen atoms in total. The van der Waals surface area contributed by atoms with Crippen molar-refractivity contribution in [3.8, 4) is 0 Å². The highest BCUT2D eigenvalue weighted by atomic mass is 32.1. The fourth-order valence-corrected chi connectivity index (χ4v) is 2.16. The highest BCUT2D eigenvalue weighted by molar-refractivity contribution is 7.13. The molecule has 7 heteroatoms. The fraction of sp³-hybridized carbons (Fsp3) is 0. The SMILES string of the molecule is Nc1ccc2[nH]cc(C(=O)Nc3nncs3)c2c1. The van der Waals surface area contributed by atoms with Crippen molar-refractivity contribution in [1.29, 1.82) is 0 Å². The minimum atomic E-state index is -0.233. The molecule has 0 unspecified atom stereocenters. The van der Waals surface area contributed by atoms with Gasteiger partial charge in [0.05, 0.1) is 5.56 Å². The highest BCUT2D eigenvalue weighted by Crippen LogP contribution is 2.22. The molecule has 0 radical (unpaired) electrons. The van der Waals surface area contributed by atoms with Crippen LogP contribution in [-0.2, 0) is 0 Å². The minimum absolute atomic E-state index is 0.233. The lowest BCUT2D eigenvalue weighted by atomic mass is 10.1. The summed E-state index contributed by atoms with van der Waals surface area (Å²) in [6.07, 6.45) is 1.65. The quantitative estimate of drug-likeness (QED) is 0.612. The van der Waals surface area contributed by atoms with E-state index < -0.39 is 0 Å². The number of benzene rings is 1. The van der Waals surface area contributed by atoms with E-state index in [0.29, 0.717) is 16.4 Å². The van der Waals surface area contributed by atoms with Gasteiger partial charge in [-0.3, -0.25) is 10.1 Å². The lowest BCUT2D eigenvalue weighted by Crippen LogP contribution is -2.11. The zero-order chi connectivity index (χ0) is 12.5. The van der Waals surface area contributed by atoms with Crippen molar-refractivity contribution < 1.29 is 4.79 Å². The third-order valence-corrected chi connectivity index (χ3v) is 3.14. The Morgan fingerprint density at radius 3 is 3.11 bits per heavy atom. The third kappa shape index (κ3) is 1.80. The van der Waals surface area contributed by atoms with Crippen LogP contribution in [-0.4, -0.2) is 21.1 Å². The molecule has 2 aromatic heterocycles. The van der Waals surface area contributed by atoms with Crippen LogP contribution in [0.25, 0.3) is 10.9 Å². The summed E-state index contributed by atoms with van der Waals surface area (Å²) in [6, 6.07) is 5.39. The van der Waals surface area contributed by atoms with Crippen molar-refractivity contribution in [3.05, 3.63) is 35.5 Å². The van der Waals surface area contributed by atoms with Gasteiger partial charge in [0.25, 0.3) is 5.91 Å². The number of hydrogen-bond donors (Lipinski definition) is 3. The van der Waals surface area contributed by atoms with Gasteiger partial charge in [-0.2, -0.15) is 0 Å². The van der Waals surface area contributed by atoms with Crippen LogP contribution in [0.1, 0.15) is 10.4 Å². The van der Waals surface area contributed by atoms with Gasteiger partial charge in [-0.15, -0.1) is 10.2 Å². The van der Waals surface area contributed by atoms with Gasteiger partial charge in [-0.25, -0.2) is 0 Å². The molecule has 2 heterocycles. The molecule has 4 N–H and O–H groups in total. The van der Waals surface area contributed by atoms with Crippen molar-refractivity contribution in [2.24, 2.45) is 0 Å². The van der Waals surface area contributed by atoms with Crippen LogP contribution in [0.2, 0.25) is 0 Å². The second-order valence-corrected chi connectivity index (χ2v) is 4.54. The molecule has 1 aromatic carbocycles.